The minimum atomic E-state index is -2.38. The SMILES string of the molecule is CCCN(CCO)C1=CC(=O)C=CC1([O-])O. The zero-order chi connectivity index (χ0) is 12.2. The summed E-state index contributed by atoms with van der Waals surface area (Å²) in [4.78, 5) is 12.7. The third-order valence-electron chi connectivity index (χ3n) is 2.32. The van der Waals surface area contributed by atoms with Crippen LogP contribution < -0.4 is 5.11 Å². The number of rotatable bonds is 5. The molecule has 0 aromatic rings. The van der Waals surface area contributed by atoms with Gasteiger partial charge in [0.15, 0.2) is 5.78 Å². The Bertz CT molecular complexity index is 314. The van der Waals surface area contributed by atoms with E-state index in [9.17, 15) is 15.0 Å². The van der Waals surface area contributed by atoms with Crippen molar-refractivity contribution in [1.29, 1.82) is 0 Å². The molecule has 90 valence electrons. The summed E-state index contributed by atoms with van der Waals surface area (Å²) < 4.78 is 0. The van der Waals surface area contributed by atoms with Crippen LogP contribution in [0, 0.1) is 0 Å². The number of carbonyl (C=O) groups excluding carboxylic acids is 1. The molecular weight excluding hydrogens is 210 g/mol. The van der Waals surface area contributed by atoms with Gasteiger partial charge >= 0.3 is 0 Å². The highest BCUT2D eigenvalue weighted by atomic mass is 16.5. The Morgan fingerprint density at radius 1 is 1.50 bits per heavy atom. The molecule has 1 unspecified atom stereocenters. The zero-order valence-corrected chi connectivity index (χ0v) is 9.22. The minimum absolute atomic E-state index is 0.0101. The van der Waals surface area contributed by atoms with Gasteiger partial charge in [-0.25, -0.2) is 0 Å². The van der Waals surface area contributed by atoms with Gasteiger partial charge in [0.2, 0.25) is 0 Å². The fourth-order valence-corrected chi connectivity index (χ4v) is 1.63. The van der Waals surface area contributed by atoms with E-state index in [-0.39, 0.29) is 24.6 Å². The van der Waals surface area contributed by atoms with Gasteiger partial charge < -0.3 is 20.2 Å². The van der Waals surface area contributed by atoms with Crippen LogP contribution in [0.15, 0.2) is 23.9 Å². The van der Waals surface area contributed by atoms with Crippen LogP contribution in [0.25, 0.3) is 0 Å². The third kappa shape index (κ3) is 2.91. The zero-order valence-electron chi connectivity index (χ0n) is 9.22. The summed E-state index contributed by atoms with van der Waals surface area (Å²) in [5, 5.41) is 30.2. The number of aliphatic hydroxyl groups is 2. The van der Waals surface area contributed by atoms with Crippen LogP contribution in [-0.2, 0) is 4.79 Å². The molecule has 0 aromatic carbocycles. The molecule has 0 spiro atoms. The van der Waals surface area contributed by atoms with Crippen LogP contribution in [0.1, 0.15) is 13.3 Å². The molecule has 0 fully saturated rings. The molecule has 0 saturated carbocycles. The maximum Gasteiger partial charge on any atom is 0.180 e. The van der Waals surface area contributed by atoms with Gasteiger partial charge in [-0.15, -0.1) is 0 Å². The van der Waals surface area contributed by atoms with E-state index in [2.05, 4.69) is 0 Å². The number of ketones is 1. The number of hydrogen-bond donors (Lipinski definition) is 2. The molecule has 0 saturated heterocycles. The lowest BCUT2D eigenvalue weighted by atomic mass is 10.0. The fraction of sp³-hybridized carbons (Fsp3) is 0.545. The van der Waals surface area contributed by atoms with Crippen LogP contribution in [0.4, 0.5) is 0 Å². The molecule has 5 heteroatoms. The van der Waals surface area contributed by atoms with Gasteiger partial charge in [0.05, 0.1) is 12.4 Å². The summed E-state index contributed by atoms with van der Waals surface area (Å²) >= 11 is 0. The normalized spacial score (nSPS) is 24.5. The molecule has 0 radical (unpaired) electrons. The summed E-state index contributed by atoms with van der Waals surface area (Å²) in [7, 11) is 0. The molecule has 5 nitrogen and oxygen atoms in total. The van der Waals surface area contributed by atoms with Crippen LogP contribution in [0.3, 0.4) is 0 Å². The lowest BCUT2D eigenvalue weighted by Crippen LogP contribution is -2.51. The second kappa shape index (κ2) is 5.25. The van der Waals surface area contributed by atoms with Crippen molar-refractivity contribution >= 4 is 5.78 Å². The van der Waals surface area contributed by atoms with Gasteiger partial charge in [-0.1, -0.05) is 13.0 Å². The maximum absolute atomic E-state index is 11.7. The molecule has 2 N–H and O–H groups in total. The van der Waals surface area contributed by atoms with Crippen LogP contribution >= 0.6 is 0 Å². The van der Waals surface area contributed by atoms with E-state index in [1.807, 2.05) is 6.92 Å². The summed E-state index contributed by atoms with van der Waals surface area (Å²) in [5.74, 6) is -2.70. The summed E-state index contributed by atoms with van der Waals surface area (Å²) in [6.07, 6.45) is 3.87. The van der Waals surface area contributed by atoms with Gasteiger partial charge in [0, 0.05) is 24.9 Å². The van der Waals surface area contributed by atoms with Crippen molar-refractivity contribution in [1.82, 2.24) is 4.90 Å². The van der Waals surface area contributed by atoms with Crippen molar-refractivity contribution < 1.29 is 20.1 Å². The van der Waals surface area contributed by atoms with Crippen LogP contribution in [0.5, 0.6) is 0 Å². The van der Waals surface area contributed by atoms with Crippen molar-refractivity contribution in [2.24, 2.45) is 0 Å². The Labute approximate surface area is 94.3 Å². The second-order valence-electron chi connectivity index (χ2n) is 3.67. The fourth-order valence-electron chi connectivity index (χ4n) is 1.63. The molecule has 1 rings (SSSR count). The van der Waals surface area contributed by atoms with E-state index in [0.29, 0.717) is 6.54 Å². The van der Waals surface area contributed by atoms with E-state index < -0.39 is 5.79 Å². The van der Waals surface area contributed by atoms with Crippen molar-refractivity contribution in [2.45, 2.75) is 19.1 Å². The smallest absolute Gasteiger partial charge is 0.180 e. The van der Waals surface area contributed by atoms with Gasteiger partial charge in [0.25, 0.3) is 0 Å². The Morgan fingerprint density at radius 2 is 2.19 bits per heavy atom. The van der Waals surface area contributed by atoms with Gasteiger partial charge in [0.1, 0.15) is 0 Å². The van der Waals surface area contributed by atoms with Crippen molar-refractivity contribution in [2.75, 3.05) is 19.7 Å². The standard InChI is InChI=1S/C11H16NO4/c1-2-5-12(6-7-13)10-8-9(14)3-4-11(10,15)16/h3-4,8,13,15H,2,5-7H2,1H3/q-1. The molecule has 0 aliphatic heterocycles. The first kappa shape index (κ1) is 12.9. The summed E-state index contributed by atoms with van der Waals surface area (Å²) in [5.41, 5.74) is 0.0101. The molecule has 0 amide bonds. The first-order chi connectivity index (χ1) is 7.51. The lowest BCUT2D eigenvalue weighted by Gasteiger charge is -2.42. The molecule has 0 aromatic heterocycles. The summed E-state index contributed by atoms with van der Waals surface area (Å²) in [6, 6.07) is 0. The molecule has 0 bridgehead atoms. The number of aliphatic hydroxyl groups excluding tert-OH is 1. The maximum atomic E-state index is 11.7. The predicted molar refractivity (Wildman–Crippen MR) is 56.1 cm³/mol. The van der Waals surface area contributed by atoms with Crippen LogP contribution in [-0.4, -0.2) is 46.4 Å². The molecular formula is C11H16NO4-. The van der Waals surface area contributed by atoms with Crippen LogP contribution in [0.2, 0.25) is 0 Å². The molecule has 1 aliphatic carbocycles. The topological polar surface area (TPSA) is 83.8 Å². The van der Waals surface area contributed by atoms with Gasteiger partial charge in [-0.3, -0.25) is 4.79 Å². The van der Waals surface area contributed by atoms with E-state index in [4.69, 9.17) is 5.11 Å². The number of nitrogens with zero attached hydrogens (tertiary/aromatic N) is 1. The van der Waals surface area contributed by atoms with Crippen molar-refractivity contribution in [3.8, 4) is 0 Å². The lowest BCUT2D eigenvalue weighted by molar-refractivity contribution is -0.515. The first-order valence-electron chi connectivity index (χ1n) is 5.25. The number of carbonyl (C=O) groups is 1. The largest absolute Gasteiger partial charge is 0.821 e. The monoisotopic (exact) mass is 226 g/mol. The van der Waals surface area contributed by atoms with Gasteiger partial charge in [-0.05, 0) is 12.5 Å². The highest BCUT2D eigenvalue weighted by Gasteiger charge is 2.24. The second-order valence-corrected chi connectivity index (χ2v) is 3.67. The Morgan fingerprint density at radius 3 is 2.75 bits per heavy atom. The van der Waals surface area contributed by atoms with Crippen molar-refractivity contribution in [3.05, 3.63) is 23.9 Å². The Balaban J connectivity index is 2.92. The average molecular weight is 226 g/mol. The number of allylic oxidation sites excluding steroid dienone is 2. The van der Waals surface area contributed by atoms with E-state index >= 15 is 0 Å². The first-order valence-corrected chi connectivity index (χ1v) is 5.25. The number of hydrogen-bond acceptors (Lipinski definition) is 5. The minimum Gasteiger partial charge on any atom is -0.821 e. The third-order valence-corrected chi connectivity index (χ3v) is 2.32. The van der Waals surface area contributed by atoms with E-state index in [1.54, 1.807) is 0 Å². The van der Waals surface area contributed by atoms with E-state index in [1.165, 1.54) is 4.90 Å². The molecule has 16 heavy (non-hydrogen) atoms. The Hall–Kier alpha value is -1.17. The highest BCUT2D eigenvalue weighted by Crippen LogP contribution is 2.21. The van der Waals surface area contributed by atoms with E-state index in [0.717, 1.165) is 24.6 Å². The van der Waals surface area contributed by atoms with Crippen molar-refractivity contribution in [3.63, 3.8) is 0 Å². The molecule has 1 atom stereocenters. The highest BCUT2D eigenvalue weighted by molar-refractivity contribution is 6.01. The Kier molecular flexibility index (Phi) is 4.23. The quantitative estimate of drug-likeness (QED) is 0.573. The average Bonchev–Trinajstić information content (AvgIpc) is 2.22. The molecule has 0 heterocycles. The predicted octanol–water partition coefficient (Wildman–Crippen LogP) is -1.24. The van der Waals surface area contributed by atoms with Gasteiger partial charge in [-0.2, -0.15) is 0 Å². The summed E-state index contributed by atoms with van der Waals surface area (Å²) in [6.45, 7) is 2.52. The molecule has 1 aliphatic rings.